The number of nitrogens with zero attached hydrogens (tertiary/aromatic N) is 1. The second kappa shape index (κ2) is 9.95. The van der Waals surface area contributed by atoms with E-state index < -0.39 is 26.7 Å². The molecule has 1 saturated carbocycles. The maximum atomic E-state index is 13.0. The first-order valence-electron chi connectivity index (χ1n) is 8.89. The highest BCUT2D eigenvalue weighted by Crippen LogP contribution is 2.37. The highest BCUT2D eigenvalue weighted by atomic mass is 127. The maximum absolute atomic E-state index is 13.0. The van der Waals surface area contributed by atoms with Crippen LogP contribution in [-0.4, -0.2) is 64.4 Å². The molecule has 1 aliphatic heterocycles. The van der Waals surface area contributed by atoms with Crippen LogP contribution >= 0.6 is 24.0 Å². The summed E-state index contributed by atoms with van der Waals surface area (Å²) in [4.78, 5) is 4.05. The van der Waals surface area contributed by atoms with Gasteiger partial charge in [0.05, 0.1) is 10.7 Å². The number of guanidine groups is 1. The minimum absolute atomic E-state index is 0. The first-order chi connectivity index (χ1) is 12.1. The lowest BCUT2D eigenvalue weighted by Gasteiger charge is -2.36. The highest BCUT2D eigenvalue weighted by Gasteiger charge is 2.43. The minimum atomic E-state index is -4.18. The molecule has 27 heavy (non-hydrogen) atoms. The average molecular weight is 527 g/mol. The molecule has 2 fully saturated rings. The first kappa shape index (κ1) is 24.7. The van der Waals surface area contributed by atoms with Crippen molar-refractivity contribution in [3.05, 3.63) is 0 Å². The largest absolute Gasteiger partial charge is 0.391 e. The number of sulfone groups is 1. The smallest absolute Gasteiger partial charge is 0.381 e. The second-order valence-electron chi connectivity index (χ2n) is 7.24. The van der Waals surface area contributed by atoms with E-state index in [1.165, 1.54) is 13.3 Å². The Morgan fingerprint density at radius 1 is 1.26 bits per heavy atom. The second-order valence-corrected chi connectivity index (χ2v) is 9.65. The Labute approximate surface area is 176 Å². The zero-order chi connectivity index (χ0) is 19.4. The molecule has 0 aromatic heterocycles. The predicted octanol–water partition coefficient (Wildman–Crippen LogP) is 2.48. The molecular weight excluding hydrogens is 498 g/mol. The van der Waals surface area contributed by atoms with Gasteiger partial charge in [-0.2, -0.15) is 13.2 Å². The molecule has 2 aliphatic rings. The normalized spacial score (nSPS) is 26.8. The zero-order valence-corrected chi connectivity index (χ0v) is 18.8. The first-order valence-corrected chi connectivity index (χ1v) is 10.8. The van der Waals surface area contributed by atoms with Crippen LogP contribution in [0.1, 0.15) is 38.5 Å². The van der Waals surface area contributed by atoms with E-state index in [9.17, 15) is 21.6 Å². The minimum Gasteiger partial charge on any atom is -0.381 e. The van der Waals surface area contributed by atoms with Crippen LogP contribution in [0, 0.1) is 5.92 Å². The maximum Gasteiger partial charge on any atom is 0.391 e. The number of ether oxygens (including phenoxy) is 1. The molecule has 0 aromatic rings. The number of halogens is 4. The molecule has 0 aromatic carbocycles. The van der Waals surface area contributed by atoms with Crippen LogP contribution in [0.25, 0.3) is 0 Å². The molecule has 160 valence electrons. The third-order valence-corrected chi connectivity index (χ3v) is 7.60. The molecule has 1 saturated heterocycles. The third kappa shape index (κ3) is 6.62. The molecule has 0 bridgehead atoms. The molecule has 1 heterocycles. The van der Waals surface area contributed by atoms with E-state index in [0.717, 1.165) is 0 Å². The Kier molecular flexibility index (Phi) is 9.11. The van der Waals surface area contributed by atoms with Crippen molar-refractivity contribution in [3.8, 4) is 0 Å². The number of nitrogens with one attached hydrogen (secondary N) is 2. The summed E-state index contributed by atoms with van der Waals surface area (Å²) in [5.41, 5.74) is 0. The van der Waals surface area contributed by atoms with Gasteiger partial charge in [-0.1, -0.05) is 6.42 Å². The Morgan fingerprint density at radius 2 is 1.89 bits per heavy atom. The fourth-order valence-electron chi connectivity index (χ4n) is 3.67. The van der Waals surface area contributed by atoms with E-state index in [0.29, 0.717) is 44.9 Å². The van der Waals surface area contributed by atoms with Gasteiger partial charge in [-0.25, -0.2) is 8.42 Å². The van der Waals surface area contributed by atoms with Crippen molar-refractivity contribution < 1.29 is 26.3 Å². The van der Waals surface area contributed by atoms with Gasteiger partial charge in [-0.3, -0.25) is 4.99 Å². The van der Waals surface area contributed by atoms with Crippen LogP contribution in [0.15, 0.2) is 4.99 Å². The molecule has 0 spiro atoms. The quantitative estimate of drug-likeness (QED) is 0.334. The average Bonchev–Trinajstić information content (AvgIpc) is 2.58. The molecule has 1 aliphatic carbocycles. The van der Waals surface area contributed by atoms with Gasteiger partial charge >= 0.3 is 6.18 Å². The molecule has 0 amide bonds. The summed E-state index contributed by atoms with van der Waals surface area (Å²) in [6.07, 6.45) is -0.891. The van der Waals surface area contributed by atoms with Gasteiger partial charge in [0.15, 0.2) is 15.8 Å². The van der Waals surface area contributed by atoms with E-state index in [1.807, 2.05) is 0 Å². The lowest BCUT2D eigenvalue weighted by Crippen LogP contribution is -2.55. The van der Waals surface area contributed by atoms with Gasteiger partial charge in [0.2, 0.25) is 0 Å². The molecule has 2 rings (SSSR count). The van der Waals surface area contributed by atoms with Gasteiger partial charge in [-0.05, 0) is 32.1 Å². The summed E-state index contributed by atoms with van der Waals surface area (Å²) in [5.74, 6) is -0.961. The number of alkyl halides is 3. The summed E-state index contributed by atoms with van der Waals surface area (Å²) in [6.45, 7) is 0.900. The number of rotatable bonds is 4. The van der Waals surface area contributed by atoms with E-state index in [4.69, 9.17) is 4.74 Å². The predicted molar refractivity (Wildman–Crippen MR) is 109 cm³/mol. The van der Waals surface area contributed by atoms with Crippen molar-refractivity contribution in [2.45, 2.75) is 55.5 Å². The number of aliphatic imine (C=N–C) groups is 1. The van der Waals surface area contributed by atoms with Crippen LogP contribution in [-0.2, 0) is 14.6 Å². The number of hydrogen-bond acceptors (Lipinski definition) is 4. The van der Waals surface area contributed by atoms with Crippen molar-refractivity contribution >= 4 is 39.8 Å². The summed E-state index contributed by atoms with van der Waals surface area (Å²) < 4.78 is 67.7. The molecule has 2 N–H and O–H groups in total. The molecule has 0 radical (unpaired) electrons. The summed E-state index contributed by atoms with van der Waals surface area (Å²) in [7, 11) is -1.80. The molecule has 2 unspecified atom stereocenters. The molecule has 11 heteroatoms. The molecule has 6 nitrogen and oxygen atoms in total. The van der Waals surface area contributed by atoms with Crippen LogP contribution in [0.5, 0.6) is 0 Å². The topological polar surface area (TPSA) is 79.8 Å². The van der Waals surface area contributed by atoms with Crippen molar-refractivity contribution in [2.24, 2.45) is 10.9 Å². The van der Waals surface area contributed by atoms with Gasteiger partial charge in [-0.15, -0.1) is 24.0 Å². The van der Waals surface area contributed by atoms with E-state index in [2.05, 4.69) is 15.6 Å². The molecule has 2 atom stereocenters. The lowest BCUT2D eigenvalue weighted by atomic mass is 9.85. The van der Waals surface area contributed by atoms with Gasteiger partial charge in [0.1, 0.15) is 0 Å². The Bertz CT molecular complexity index is 608. The Balaban J connectivity index is 0.00000364. The summed E-state index contributed by atoms with van der Waals surface area (Å²) >= 11 is 0. The fourth-order valence-corrected chi connectivity index (χ4v) is 4.92. The summed E-state index contributed by atoms with van der Waals surface area (Å²) in [5, 5.41) is 6.04. The van der Waals surface area contributed by atoms with E-state index in [1.54, 1.807) is 0 Å². The Hall–Kier alpha value is -0.300. The van der Waals surface area contributed by atoms with E-state index >= 15 is 0 Å². The highest BCUT2D eigenvalue weighted by molar-refractivity contribution is 14.0. The van der Waals surface area contributed by atoms with Crippen molar-refractivity contribution in [1.29, 1.82) is 0 Å². The monoisotopic (exact) mass is 527 g/mol. The van der Waals surface area contributed by atoms with Crippen molar-refractivity contribution in [2.75, 3.05) is 33.1 Å². The third-order valence-electron chi connectivity index (χ3n) is 5.47. The van der Waals surface area contributed by atoms with Gasteiger partial charge < -0.3 is 15.4 Å². The fraction of sp³-hybridized carbons (Fsp3) is 0.938. The molecular formula is C16H29F3IN3O3S. The van der Waals surface area contributed by atoms with Crippen LogP contribution in [0.2, 0.25) is 0 Å². The van der Waals surface area contributed by atoms with Crippen LogP contribution in [0.4, 0.5) is 13.2 Å². The standard InChI is InChI=1S/C16H28F3N3O3S.HI/c1-20-14(22-13-5-3-4-12(10-13)16(17,18)19)21-11-15(26(2,23)24)6-8-25-9-7-15;/h12-13H,3-11H2,1-2H3,(H2,20,21,22);1H. The summed E-state index contributed by atoms with van der Waals surface area (Å²) in [6, 6.07) is -0.328. The van der Waals surface area contributed by atoms with Crippen LogP contribution in [0.3, 0.4) is 0 Å². The van der Waals surface area contributed by atoms with Gasteiger partial charge in [0, 0.05) is 39.1 Å². The SMILES string of the molecule is CN=C(NCC1(S(C)(=O)=O)CCOCC1)NC1CCCC(C(F)(F)F)C1.I. The van der Waals surface area contributed by atoms with Crippen molar-refractivity contribution in [3.63, 3.8) is 0 Å². The Morgan fingerprint density at radius 3 is 2.41 bits per heavy atom. The van der Waals surface area contributed by atoms with Gasteiger partial charge in [0.25, 0.3) is 0 Å². The van der Waals surface area contributed by atoms with Crippen LogP contribution < -0.4 is 10.6 Å². The van der Waals surface area contributed by atoms with E-state index in [-0.39, 0.29) is 49.4 Å². The zero-order valence-electron chi connectivity index (χ0n) is 15.6. The lowest BCUT2D eigenvalue weighted by molar-refractivity contribution is -0.183. The number of hydrogen-bond donors (Lipinski definition) is 2. The van der Waals surface area contributed by atoms with Crippen molar-refractivity contribution in [1.82, 2.24) is 10.6 Å².